The van der Waals surface area contributed by atoms with Crippen molar-refractivity contribution < 1.29 is 24.6 Å². The van der Waals surface area contributed by atoms with E-state index in [2.05, 4.69) is 40.5 Å². The first kappa shape index (κ1) is 25.6. The van der Waals surface area contributed by atoms with Crippen molar-refractivity contribution in [1.29, 1.82) is 0 Å². The van der Waals surface area contributed by atoms with Gasteiger partial charge >= 0.3 is 11.9 Å². The van der Waals surface area contributed by atoms with Crippen molar-refractivity contribution in [3.05, 3.63) is 108 Å². The number of carboxylic acid groups (broad SMARTS) is 2. The Morgan fingerprint density at radius 3 is 1.77 bits per heavy atom. The van der Waals surface area contributed by atoms with Crippen molar-refractivity contribution >= 4 is 17.8 Å². The zero-order valence-electron chi connectivity index (χ0n) is 19.4. The molecular weight excluding hydrogens is 444 g/mol. The molecule has 0 aliphatic carbocycles. The summed E-state index contributed by atoms with van der Waals surface area (Å²) in [5, 5.41) is 18.1. The molecule has 0 radical (unpaired) electrons. The fourth-order valence-corrected chi connectivity index (χ4v) is 4.16. The lowest BCUT2D eigenvalue weighted by Gasteiger charge is -2.21. The van der Waals surface area contributed by atoms with E-state index >= 15 is 0 Å². The van der Waals surface area contributed by atoms with Crippen molar-refractivity contribution in [2.45, 2.75) is 24.8 Å². The minimum atomic E-state index is -1.82. The maximum Gasteiger partial charge on any atom is 0.414 e. The summed E-state index contributed by atoms with van der Waals surface area (Å²) in [5.41, 5.74) is 3.44. The van der Waals surface area contributed by atoms with Crippen LogP contribution in [-0.4, -0.2) is 58.6 Å². The molecule has 0 bridgehead atoms. The second-order valence-electron chi connectivity index (χ2n) is 8.40. The van der Waals surface area contributed by atoms with E-state index in [1.165, 1.54) is 5.56 Å². The van der Waals surface area contributed by atoms with E-state index in [9.17, 15) is 4.79 Å². The van der Waals surface area contributed by atoms with Crippen molar-refractivity contribution in [2.75, 3.05) is 19.6 Å². The van der Waals surface area contributed by atoms with Crippen LogP contribution in [0.2, 0.25) is 0 Å². The van der Waals surface area contributed by atoms with Gasteiger partial charge in [0.05, 0.1) is 5.92 Å². The topological polar surface area (TPSA) is 107 Å². The molecule has 0 aromatic heterocycles. The number of rotatable bonds is 7. The monoisotopic (exact) mass is 474 g/mol. The Labute approximate surface area is 205 Å². The summed E-state index contributed by atoms with van der Waals surface area (Å²) in [6.07, 6.45) is 2.06. The Morgan fingerprint density at radius 1 is 0.800 bits per heavy atom. The van der Waals surface area contributed by atoms with Gasteiger partial charge in [0.2, 0.25) is 5.91 Å². The number of carboxylic acids is 2. The van der Waals surface area contributed by atoms with Crippen LogP contribution in [0, 0.1) is 0 Å². The molecule has 0 spiro atoms. The molecule has 1 saturated heterocycles. The number of nitrogens with zero attached hydrogens (tertiary/aromatic N) is 1. The second-order valence-corrected chi connectivity index (χ2v) is 8.40. The van der Waals surface area contributed by atoms with Gasteiger partial charge in [0.25, 0.3) is 0 Å². The molecule has 1 amide bonds. The summed E-state index contributed by atoms with van der Waals surface area (Å²) in [6, 6.07) is 31.0. The Balaban J connectivity index is 0.000000509. The van der Waals surface area contributed by atoms with Gasteiger partial charge in [0, 0.05) is 25.7 Å². The normalized spacial score (nSPS) is 15.2. The van der Waals surface area contributed by atoms with Gasteiger partial charge < -0.3 is 20.4 Å². The summed E-state index contributed by atoms with van der Waals surface area (Å²) in [4.78, 5) is 33.9. The molecule has 1 aliphatic heterocycles. The molecule has 1 heterocycles. The van der Waals surface area contributed by atoms with Gasteiger partial charge in [-0.25, -0.2) is 9.59 Å². The molecule has 1 aliphatic rings. The van der Waals surface area contributed by atoms with Crippen LogP contribution in [0.15, 0.2) is 91.0 Å². The van der Waals surface area contributed by atoms with Crippen molar-refractivity contribution in [3.63, 3.8) is 0 Å². The highest BCUT2D eigenvalue weighted by molar-refractivity contribution is 6.27. The summed E-state index contributed by atoms with van der Waals surface area (Å²) in [5.74, 6) is -3.82. The molecule has 1 fully saturated rings. The average molecular weight is 475 g/mol. The fraction of sp³-hybridized carbons (Fsp3) is 0.250. The number of likely N-dealkylation sites (tertiary alicyclic amines) is 1. The third-order valence-corrected chi connectivity index (χ3v) is 5.89. The summed E-state index contributed by atoms with van der Waals surface area (Å²) in [6.45, 7) is 3.01. The summed E-state index contributed by atoms with van der Waals surface area (Å²) >= 11 is 0. The van der Waals surface area contributed by atoms with Crippen LogP contribution in [0.4, 0.5) is 0 Å². The fourth-order valence-electron chi connectivity index (χ4n) is 4.16. The number of carbonyl (C=O) groups is 3. The number of benzene rings is 3. The van der Waals surface area contributed by atoms with Gasteiger partial charge in [0.1, 0.15) is 0 Å². The highest BCUT2D eigenvalue weighted by Gasteiger charge is 2.28. The Kier molecular flexibility index (Phi) is 9.57. The quantitative estimate of drug-likeness (QED) is 0.453. The number of amides is 1. The van der Waals surface area contributed by atoms with Gasteiger partial charge in [-0.15, -0.1) is 0 Å². The van der Waals surface area contributed by atoms with E-state index in [-0.39, 0.29) is 17.9 Å². The number of hydrogen-bond donors (Lipinski definition) is 3. The third-order valence-electron chi connectivity index (χ3n) is 5.89. The number of nitrogens with one attached hydrogen (secondary N) is 1. The first-order valence-electron chi connectivity index (χ1n) is 11.6. The largest absolute Gasteiger partial charge is 0.473 e. The zero-order valence-corrected chi connectivity index (χ0v) is 19.4. The number of hydrogen-bond acceptors (Lipinski definition) is 4. The maximum absolute atomic E-state index is 13.3. The molecule has 3 aromatic rings. The van der Waals surface area contributed by atoms with E-state index in [0.717, 1.165) is 43.6 Å². The van der Waals surface area contributed by atoms with Gasteiger partial charge in [0.15, 0.2) is 0 Å². The lowest BCUT2D eigenvalue weighted by atomic mass is 9.90. The Bertz CT molecular complexity index is 1040. The van der Waals surface area contributed by atoms with Crippen LogP contribution in [-0.2, 0) is 20.8 Å². The van der Waals surface area contributed by atoms with Crippen molar-refractivity contribution in [2.24, 2.45) is 0 Å². The van der Waals surface area contributed by atoms with Gasteiger partial charge in [-0.1, -0.05) is 91.0 Å². The molecule has 7 nitrogen and oxygen atoms in total. The van der Waals surface area contributed by atoms with Crippen LogP contribution in [0.1, 0.15) is 29.0 Å². The van der Waals surface area contributed by atoms with Crippen LogP contribution < -0.4 is 5.32 Å². The molecule has 35 heavy (non-hydrogen) atoms. The molecule has 4 rings (SSSR count). The van der Waals surface area contributed by atoms with Crippen molar-refractivity contribution in [1.82, 2.24) is 10.2 Å². The summed E-state index contributed by atoms with van der Waals surface area (Å²) in [7, 11) is 0. The minimum Gasteiger partial charge on any atom is -0.473 e. The lowest BCUT2D eigenvalue weighted by molar-refractivity contribution is -0.159. The molecule has 1 atom stereocenters. The van der Waals surface area contributed by atoms with E-state index in [4.69, 9.17) is 19.8 Å². The standard InChI is InChI=1S/C26H28N2O.C2H2O4/c29-26(25(22-12-6-2-7-13-22)23-14-8-3-9-15-23)27-24-17-19-28(20-24)18-16-21-10-4-1-5-11-21;3-1(4)2(5)6/h1-15,24-25H,16-20H2,(H,27,29);(H,3,4)(H,5,6). The van der Waals surface area contributed by atoms with Crippen LogP contribution in [0.25, 0.3) is 0 Å². The molecule has 3 N–H and O–H groups in total. The van der Waals surface area contributed by atoms with E-state index < -0.39 is 11.9 Å². The van der Waals surface area contributed by atoms with Gasteiger partial charge in [-0.3, -0.25) is 4.79 Å². The first-order valence-corrected chi connectivity index (χ1v) is 11.6. The highest BCUT2D eigenvalue weighted by atomic mass is 16.4. The SMILES string of the molecule is O=C(NC1CCN(CCc2ccccc2)C1)C(c1ccccc1)c1ccccc1.O=C(O)C(=O)O. The second kappa shape index (κ2) is 13.1. The Hall–Kier alpha value is -3.97. The van der Waals surface area contributed by atoms with Crippen LogP contribution in [0.3, 0.4) is 0 Å². The lowest BCUT2D eigenvalue weighted by Crippen LogP contribution is -2.40. The molecule has 182 valence electrons. The number of aliphatic carboxylic acids is 2. The third kappa shape index (κ3) is 8.08. The molecular formula is C28H30N2O5. The minimum absolute atomic E-state index is 0.0947. The predicted molar refractivity (Wildman–Crippen MR) is 133 cm³/mol. The molecule has 0 saturated carbocycles. The average Bonchev–Trinajstić information content (AvgIpc) is 3.32. The van der Waals surface area contributed by atoms with E-state index in [1.54, 1.807) is 0 Å². The zero-order chi connectivity index (χ0) is 25.0. The molecule has 3 aromatic carbocycles. The molecule has 7 heteroatoms. The van der Waals surface area contributed by atoms with E-state index in [0.29, 0.717) is 0 Å². The maximum atomic E-state index is 13.3. The first-order chi connectivity index (χ1) is 16.9. The van der Waals surface area contributed by atoms with Gasteiger partial charge in [-0.2, -0.15) is 0 Å². The van der Waals surface area contributed by atoms with Crippen LogP contribution in [0.5, 0.6) is 0 Å². The predicted octanol–water partition coefficient (Wildman–Crippen LogP) is 3.41. The highest BCUT2D eigenvalue weighted by Crippen LogP contribution is 2.25. The summed E-state index contributed by atoms with van der Waals surface area (Å²) < 4.78 is 0. The van der Waals surface area contributed by atoms with Crippen LogP contribution >= 0.6 is 0 Å². The Morgan fingerprint density at radius 2 is 1.29 bits per heavy atom. The molecule has 1 unspecified atom stereocenters. The van der Waals surface area contributed by atoms with Gasteiger partial charge in [-0.05, 0) is 29.5 Å². The number of carbonyl (C=O) groups excluding carboxylic acids is 1. The van der Waals surface area contributed by atoms with E-state index in [1.807, 2.05) is 60.7 Å². The smallest absolute Gasteiger partial charge is 0.414 e. The van der Waals surface area contributed by atoms with Crippen molar-refractivity contribution in [3.8, 4) is 0 Å².